The number of hydrogen-bond acceptors (Lipinski definition) is 6. The zero-order valence-electron chi connectivity index (χ0n) is 15.8. The summed E-state index contributed by atoms with van der Waals surface area (Å²) in [6.07, 6.45) is 0. The molecule has 7 nitrogen and oxygen atoms in total. The first-order chi connectivity index (χ1) is 12.8. The van der Waals surface area contributed by atoms with Crippen LogP contribution in [0.3, 0.4) is 0 Å². The SMILES string of the molecule is CC(C)C(=O)N1CCN(Cc2ccc3c(c2)OCCO3)[C@H]2CS(=O)(=O)C[C@H]21. The fraction of sp³-hybridized carbons (Fsp3) is 0.632. The van der Waals surface area contributed by atoms with Crippen molar-refractivity contribution in [3.8, 4) is 11.5 Å². The lowest BCUT2D eigenvalue weighted by Gasteiger charge is -2.44. The van der Waals surface area contributed by atoms with Gasteiger partial charge in [-0.1, -0.05) is 19.9 Å². The van der Waals surface area contributed by atoms with Crippen molar-refractivity contribution < 1.29 is 22.7 Å². The van der Waals surface area contributed by atoms with E-state index in [-0.39, 0.29) is 35.4 Å². The van der Waals surface area contributed by atoms with Gasteiger partial charge in [-0.15, -0.1) is 0 Å². The molecule has 2 saturated heterocycles. The molecule has 4 rings (SSSR count). The molecule has 1 aromatic carbocycles. The minimum absolute atomic E-state index is 0.0427. The number of rotatable bonds is 3. The topological polar surface area (TPSA) is 76.2 Å². The van der Waals surface area contributed by atoms with Gasteiger partial charge in [0.25, 0.3) is 0 Å². The van der Waals surface area contributed by atoms with Crippen LogP contribution in [0.1, 0.15) is 19.4 Å². The molecule has 27 heavy (non-hydrogen) atoms. The lowest BCUT2D eigenvalue weighted by atomic mass is 10.0. The number of ether oxygens (including phenoxy) is 2. The Bertz CT molecular complexity index is 839. The predicted molar refractivity (Wildman–Crippen MR) is 101 cm³/mol. The highest BCUT2D eigenvalue weighted by atomic mass is 32.2. The maximum Gasteiger partial charge on any atom is 0.225 e. The van der Waals surface area contributed by atoms with Crippen LogP contribution in [0.5, 0.6) is 11.5 Å². The van der Waals surface area contributed by atoms with Crippen LogP contribution in [0.25, 0.3) is 0 Å². The highest BCUT2D eigenvalue weighted by molar-refractivity contribution is 7.91. The number of fused-ring (bicyclic) bond motifs is 2. The Kier molecular flexibility index (Phi) is 4.80. The molecule has 3 aliphatic rings. The van der Waals surface area contributed by atoms with Crippen LogP contribution in [-0.4, -0.2) is 74.0 Å². The van der Waals surface area contributed by atoms with Gasteiger partial charge in [-0.2, -0.15) is 0 Å². The van der Waals surface area contributed by atoms with Crippen molar-refractivity contribution >= 4 is 15.7 Å². The van der Waals surface area contributed by atoms with Gasteiger partial charge >= 0.3 is 0 Å². The molecule has 0 aliphatic carbocycles. The number of carbonyl (C=O) groups is 1. The van der Waals surface area contributed by atoms with Crippen molar-refractivity contribution in [3.05, 3.63) is 23.8 Å². The highest BCUT2D eigenvalue weighted by Crippen LogP contribution is 2.33. The summed E-state index contributed by atoms with van der Waals surface area (Å²) in [4.78, 5) is 16.6. The third kappa shape index (κ3) is 3.65. The molecule has 2 atom stereocenters. The molecule has 0 saturated carbocycles. The summed E-state index contributed by atoms with van der Waals surface area (Å²) < 4.78 is 35.9. The van der Waals surface area contributed by atoms with Crippen molar-refractivity contribution in [3.63, 3.8) is 0 Å². The normalized spacial score (nSPS) is 26.9. The van der Waals surface area contributed by atoms with Gasteiger partial charge in [0.05, 0.1) is 17.5 Å². The van der Waals surface area contributed by atoms with Gasteiger partial charge in [0, 0.05) is 31.6 Å². The molecule has 148 valence electrons. The van der Waals surface area contributed by atoms with Crippen LogP contribution in [0.15, 0.2) is 18.2 Å². The quantitative estimate of drug-likeness (QED) is 0.759. The maximum absolute atomic E-state index is 12.6. The average molecular weight is 394 g/mol. The summed E-state index contributed by atoms with van der Waals surface area (Å²) in [5.41, 5.74) is 1.06. The highest BCUT2D eigenvalue weighted by Gasteiger charge is 2.48. The van der Waals surface area contributed by atoms with Gasteiger partial charge in [0.2, 0.25) is 5.91 Å². The fourth-order valence-corrected chi connectivity index (χ4v) is 6.26. The van der Waals surface area contributed by atoms with E-state index >= 15 is 0 Å². The van der Waals surface area contributed by atoms with E-state index in [1.165, 1.54) is 0 Å². The van der Waals surface area contributed by atoms with E-state index in [2.05, 4.69) is 4.90 Å². The second kappa shape index (κ2) is 6.98. The van der Waals surface area contributed by atoms with E-state index in [4.69, 9.17) is 9.47 Å². The molecule has 0 aromatic heterocycles. The maximum atomic E-state index is 12.6. The van der Waals surface area contributed by atoms with Gasteiger partial charge in [0.1, 0.15) is 13.2 Å². The standard InChI is InChI=1S/C19H26N2O5S/c1-13(2)19(22)21-6-5-20(15-11-27(23,24)12-16(15)21)10-14-3-4-17-18(9-14)26-8-7-25-17/h3-4,9,13,15-16H,5-8,10-12H2,1-2H3/t15-,16+/m0/s1. The van der Waals surface area contributed by atoms with Crippen molar-refractivity contribution in [1.82, 2.24) is 9.80 Å². The first kappa shape index (κ1) is 18.6. The molecule has 2 fully saturated rings. The molecule has 3 heterocycles. The van der Waals surface area contributed by atoms with Crippen LogP contribution in [0, 0.1) is 5.92 Å². The molecule has 8 heteroatoms. The number of benzene rings is 1. The Balaban J connectivity index is 1.55. The molecular weight excluding hydrogens is 368 g/mol. The molecule has 3 aliphatic heterocycles. The Morgan fingerprint density at radius 1 is 1.11 bits per heavy atom. The largest absolute Gasteiger partial charge is 0.486 e. The summed E-state index contributed by atoms with van der Waals surface area (Å²) >= 11 is 0. The predicted octanol–water partition coefficient (Wildman–Crippen LogP) is 0.924. The molecule has 0 bridgehead atoms. The number of amides is 1. The number of carbonyl (C=O) groups excluding carboxylic acids is 1. The van der Waals surface area contributed by atoms with Crippen molar-refractivity contribution in [2.24, 2.45) is 5.92 Å². The van der Waals surface area contributed by atoms with Crippen LogP contribution in [0.4, 0.5) is 0 Å². The van der Waals surface area contributed by atoms with Crippen LogP contribution >= 0.6 is 0 Å². The zero-order chi connectivity index (χ0) is 19.2. The van der Waals surface area contributed by atoms with Gasteiger partial charge < -0.3 is 14.4 Å². The molecule has 0 N–H and O–H groups in total. The zero-order valence-corrected chi connectivity index (χ0v) is 16.6. The Morgan fingerprint density at radius 3 is 2.56 bits per heavy atom. The van der Waals surface area contributed by atoms with Gasteiger partial charge in [-0.3, -0.25) is 9.69 Å². The molecule has 0 radical (unpaired) electrons. The van der Waals surface area contributed by atoms with Gasteiger partial charge in [-0.25, -0.2) is 8.42 Å². The average Bonchev–Trinajstić information content (AvgIpc) is 2.96. The number of sulfone groups is 1. The third-order valence-corrected chi connectivity index (χ3v) is 7.26. The number of nitrogens with zero attached hydrogens (tertiary/aromatic N) is 2. The number of hydrogen-bond donors (Lipinski definition) is 0. The fourth-order valence-electron chi connectivity index (χ4n) is 4.25. The Labute approximate surface area is 160 Å². The van der Waals surface area contributed by atoms with E-state index in [0.29, 0.717) is 32.8 Å². The number of piperazine rings is 1. The van der Waals surface area contributed by atoms with Crippen LogP contribution in [-0.2, 0) is 21.2 Å². The second-order valence-electron chi connectivity index (χ2n) is 7.85. The lowest BCUT2D eigenvalue weighted by Crippen LogP contribution is -2.60. The molecule has 1 aromatic rings. The van der Waals surface area contributed by atoms with E-state index < -0.39 is 9.84 Å². The van der Waals surface area contributed by atoms with Gasteiger partial charge in [0.15, 0.2) is 21.3 Å². The Hall–Kier alpha value is -1.80. The minimum Gasteiger partial charge on any atom is -0.486 e. The monoisotopic (exact) mass is 394 g/mol. The summed E-state index contributed by atoms with van der Waals surface area (Å²) in [7, 11) is -3.14. The smallest absolute Gasteiger partial charge is 0.225 e. The molecule has 0 spiro atoms. The molecule has 0 unspecified atom stereocenters. The van der Waals surface area contributed by atoms with Crippen LogP contribution < -0.4 is 9.47 Å². The molecule has 1 amide bonds. The van der Waals surface area contributed by atoms with Crippen LogP contribution in [0.2, 0.25) is 0 Å². The van der Waals surface area contributed by atoms with Crippen molar-refractivity contribution in [1.29, 1.82) is 0 Å². The summed E-state index contributed by atoms with van der Waals surface area (Å²) in [6.45, 7) is 6.69. The summed E-state index contributed by atoms with van der Waals surface area (Å²) in [5.74, 6) is 1.58. The minimum atomic E-state index is -3.14. The summed E-state index contributed by atoms with van der Waals surface area (Å²) in [5, 5.41) is 0. The summed E-state index contributed by atoms with van der Waals surface area (Å²) in [6, 6.07) is 5.47. The lowest BCUT2D eigenvalue weighted by molar-refractivity contribution is -0.140. The van der Waals surface area contributed by atoms with Crippen molar-refractivity contribution in [2.75, 3.05) is 37.8 Å². The van der Waals surface area contributed by atoms with E-state index in [1.54, 1.807) is 4.90 Å². The Morgan fingerprint density at radius 2 is 1.81 bits per heavy atom. The molecular formula is C19H26N2O5S. The van der Waals surface area contributed by atoms with E-state index in [0.717, 1.165) is 17.1 Å². The van der Waals surface area contributed by atoms with Crippen molar-refractivity contribution in [2.45, 2.75) is 32.5 Å². The van der Waals surface area contributed by atoms with Gasteiger partial charge in [-0.05, 0) is 17.7 Å². The second-order valence-corrected chi connectivity index (χ2v) is 10.0. The first-order valence-corrected chi connectivity index (χ1v) is 11.3. The van der Waals surface area contributed by atoms with E-state index in [1.807, 2.05) is 32.0 Å². The third-order valence-electron chi connectivity index (χ3n) is 5.56. The first-order valence-electron chi connectivity index (χ1n) is 9.47. The van der Waals surface area contributed by atoms with E-state index in [9.17, 15) is 13.2 Å².